The summed E-state index contributed by atoms with van der Waals surface area (Å²) in [7, 11) is 0. The van der Waals surface area contributed by atoms with Crippen LogP contribution < -0.4 is 0 Å². The number of hydrogen-bond acceptors (Lipinski definition) is 3. The molecule has 3 aliphatic heterocycles. The highest BCUT2D eigenvalue weighted by molar-refractivity contribution is 5.81. The summed E-state index contributed by atoms with van der Waals surface area (Å²) in [5.41, 5.74) is 2.82. The molecule has 146 valence electrons. The molecule has 0 aliphatic carbocycles. The Morgan fingerprint density at radius 3 is 2.44 bits per heavy atom. The number of ether oxygens (including phenoxy) is 1. The molecule has 5 nitrogen and oxygen atoms in total. The standard InChI is InChI=1S/C22H30N2O3/c1-22(2,3)18-6-4-15(5-7-18)17-12-24(13-17)21(26)23-9-8-20-16(11-23)10-19(25)14-27-20/h4-7,16-17,20H,8-14H2,1-3H3/t16-,20+/m1/s1. The summed E-state index contributed by atoms with van der Waals surface area (Å²) in [6.07, 6.45) is 1.55. The minimum Gasteiger partial charge on any atom is -0.370 e. The molecule has 0 saturated carbocycles. The second-order valence-electron chi connectivity index (χ2n) is 9.34. The average Bonchev–Trinajstić information content (AvgIpc) is 2.59. The Kier molecular flexibility index (Phi) is 4.75. The lowest BCUT2D eigenvalue weighted by molar-refractivity contribution is -0.140. The zero-order valence-electron chi connectivity index (χ0n) is 16.6. The zero-order valence-corrected chi connectivity index (χ0v) is 16.6. The van der Waals surface area contributed by atoms with Gasteiger partial charge in [-0.2, -0.15) is 0 Å². The van der Waals surface area contributed by atoms with Gasteiger partial charge in [-0.1, -0.05) is 45.0 Å². The van der Waals surface area contributed by atoms with Crippen molar-refractivity contribution in [3.8, 4) is 0 Å². The van der Waals surface area contributed by atoms with Crippen molar-refractivity contribution in [2.45, 2.75) is 51.0 Å². The average molecular weight is 370 g/mol. The van der Waals surface area contributed by atoms with E-state index in [2.05, 4.69) is 45.0 Å². The highest BCUT2D eigenvalue weighted by Crippen LogP contribution is 2.32. The maximum Gasteiger partial charge on any atom is 0.320 e. The number of amides is 2. The lowest BCUT2D eigenvalue weighted by atomic mass is 9.84. The summed E-state index contributed by atoms with van der Waals surface area (Å²) in [6.45, 7) is 9.87. The second-order valence-corrected chi connectivity index (χ2v) is 9.34. The Balaban J connectivity index is 1.31. The molecule has 0 N–H and O–H groups in total. The molecule has 0 bridgehead atoms. The fourth-order valence-corrected chi connectivity index (χ4v) is 4.45. The molecule has 3 saturated heterocycles. The fourth-order valence-electron chi connectivity index (χ4n) is 4.45. The Labute approximate surface area is 161 Å². The maximum absolute atomic E-state index is 12.8. The minimum absolute atomic E-state index is 0.119. The number of ketones is 1. The maximum atomic E-state index is 12.8. The summed E-state index contributed by atoms with van der Waals surface area (Å²) < 4.78 is 5.63. The summed E-state index contributed by atoms with van der Waals surface area (Å²) in [5, 5.41) is 0. The molecule has 5 heteroatoms. The third kappa shape index (κ3) is 3.75. The molecule has 2 amide bonds. The van der Waals surface area contributed by atoms with Crippen LogP contribution >= 0.6 is 0 Å². The lowest BCUT2D eigenvalue weighted by Gasteiger charge is -2.46. The van der Waals surface area contributed by atoms with Crippen LogP contribution in [0.1, 0.15) is 50.7 Å². The summed E-state index contributed by atoms with van der Waals surface area (Å²) in [6, 6.07) is 8.97. The van der Waals surface area contributed by atoms with Crippen LogP contribution in [-0.2, 0) is 14.9 Å². The summed E-state index contributed by atoms with van der Waals surface area (Å²) in [5.74, 6) is 0.763. The van der Waals surface area contributed by atoms with E-state index in [1.54, 1.807) is 0 Å². The third-order valence-corrected chi connectivity index (χ3v) is 6.28. The molecule has 1 aromatic carbocycles. The van der Waals surface area contributed by atoms with Crippen LogP contribution in [0.25, 0.3) is 0 Å². The molecule has 4 rings (SSSR count). The van der Waals surface area contributed by atoms with Gasteiger partial charge in [0.2, 0.25) is 0 Å². The minimum atomic E-state index is 0.119. The first-order chi connectivity index (χ1) is 12.8. The molecule has 3 aliphatic rings. The van der Waals surface area contributed by atoms with Crippen molar-refractivity contribution in [1.29, 1.82) is 0 Å². The van der Waals surface area contributed by atoms with E-state index in [1.807, 2.05) is 9.80 Å². The number of nitrogens with zero attached hydrogens (tertiary/aromatic N) is 2. The lowest BCUT2D eigenvalue weighted by Crippen LogP contribution is -2.58. The van der Waals surface area contributed by atoms with Crippen molar-refractivity contribution in [1.82, 2.24) is 9.80 Å². The number of likely N-dealkylation sites (tertiary alicyclic amines) is 2. The second kappa shape index (κ2) is 6.93. The van der Waals surface area contributed by atoms with E-state index in [1.165, 1.54) is 11.1 Å². The molecule has 1 aromatic rings. The fraction of sp³-hybridized carbons (Fsp3) is 0.636. The Morgan fingerprint density at radius 1 is 1.07 bits per heavy atom. The largest absolute Gasteiger partial charge is 0.370 e. The Hall–Kier alpha value is -1.88. The van der Waals surface area contributed by atoms with Gasteiger partial charge in [0.25, 0.3) is 0 Å². The van der Waals surface area contributed by atoms with Crippen LogP contribution in [0.4, 0.5) is 4.79 Å². The quantitative estimate of drug-likeness (QED) is 0.763. The first kappa shape index (κ1) is 18.5. The number of Topliss-reactive ketones (excluding diaryl/α,β-unsaturated/α-hetero) is 1. The number of urea groups is 1. The smallest absolute Gasteiger partial charge is 0.320 e. The normalized spacial score (nSPS) is 26.6. The number of carbonyl (C=O) groups is 2. The number of rotatable bonds is 1. The molecular weight excluding hydrogens is 340 g/mol. The van der Waals surface area contributed by atoms with Gasteiger partial charge in [-0.05, 0) is 23.0 Å². The van der Waals surface area contributed by atoms with Crippen molar-refractivity contribution in [2.24, 2.45) is 5.92 Å². The van der Waals surface area contributed by atoms with Crippen molar-refractivity contribution in [3.63, 3.8) is 0 Å². The number of hydrogen-bond donors (Lipinski definition) is 0. The zero-order chi connectivity index (χ0) is 19.2. The first-order valence-corrected chi connectivity index (χ1v) is 10.1. The third-order valence-electron chi connectivity index (χ3n) is 6.28. The van der Waals surface area contributed by atoms with Crippen LogP contribution in [0.15, 0.2) is 24.3 Å². The van der Waals surface area contributed by atoms with E-state index in [0.717, 1.165) is 26.1 Å². The van der Waals surface area contributed by atoms with E-state index in [9.17, 15) is 9.59 Å². The molecule has 3 fully saturated rings. The topological polar surface area (TPSA) is 49.9 Å². The van der Waals surface area contributed by atoms with Crippen molar-refractivity contribution in [3.05, 3.63) is 35.4 Å². The van der Waals surface area contributed by atoms with Crippen molar-refractivity contribution < 1.29 is 14.3 Å². The van der Waals surface area contributed by atoms with Crippen LogP contribution in [0.3, 0.4) is 0 Å². The van der Waals surface area contributed by atoms with Gasteiger partial charge in [0.1, 0.15) is 6.61 Å². The number of benzene rings is 1. The van der Waals surface area contributed by atoms with Crippen molar-refractivity contribution in [2.75, 3.05) is 32.8 Å². The van der Waals surface area contributed by atoms with Gasteiger partial charge < -0.3 is 14.5 Å². The van der Waals surface area contributed by atoms with Gasteiger partial charge in [-0.15, -0.1) is 0 Å². The van der Waals surface area contributed by atoms with E-state index >= 15 is 0 Å². The molecule has 2 atom stereocenters. The Morgan fingerprint density at radius 2 is 1.78 bits per heavy atom. The molecule has 3 heterocycles. The molecule has 0 unspecified atom stereocenters. The van der Waals surface area contributed by atoms with Crippen LogP contribution in [-0.4, -0.2) is 60.5 Å². The van der Waals surface area contributed by atoms with Crippen LogP contribution in [0.5, 0.6) is 0 Å². The molecule has 27 heavy (non-hydrogen) atoms. The van der Waals surface area contributed by atoms with Gasteiger partial charge in [0.15, 0.2) is 5.78 Å². The highest BCUT2D eigenvalue weighted by atomic mass is 16.5. The van der Waals surface area contributed by atoms with Gasteiger partial charge >= 0.3 is 6.03 Å². The SMILES string of the molecule is CC(C)(C)c1ccc(C2CN(C(=O)N3CC[C@@H]4OCC(=O)C[C@@H]4C3)C2)cc1. The number of carbonyl (C=O) groups excluding carboxylic acids is 2. The Bertz CT molecular complexity index is 716. The monoisotopic (exact) mass is 370 g/mol. The van der Waals surface area contributed by atoms with Crippen LogP contribution in [0, 0.1) is 5.92 Å². The molecule has 0 spiro atoms. The van der Waals surface area contributed by atoms with Gasteiger partial charge in [-0.25, -0.2) is 4.79 Å². The molecule has 0 radical (unpaired) electrons. The highest BCUT2D eigenvalue weighted by Gasteiger charge is 2.40. The predicted molar refractivity (Wildman–Crippen MR) is 104 cm³/mol. The van der Waals surface area contributed by atoms with Crippen LogP contribution in [0.2, 0.25) is 0 Å². The van der Waals surface area contributed by atoms with E-state index in [4.69, 9.17) is 4.74 Å². The van der Waals surface area contributed by atoms with Gasteiger partial charge in [0, 0.05) is 44.4 Å². The molecular formula is C22H30N2O3. The van der Waals surface area contributed by atoms with Gasteiger partial charge in [-0.3, -0.25) is 4.79 Å². The first-order valence-electron chi connectivity index (χ1n) is 10.1. The summed E-state index contributed by atoms with van der Waals surface area (Å²) >= 11 is 0. The summed E-state index contributed by atoms with van der Waals surface area (Å²) in [4.78, 5) is 28.3. The van der Waals surface area contributed by atoms with Crippen molar-refractivity contribution >= 4 is 11.8 Å². The van der Waals surface area contributed by atoms with E-state index in [0.29, 0.717) is 18.9 Å². The van der Waals surface area contributed by atoms with E-state index in [-0.39, 0.29) is 35.9 Å². The molecule has 0 aromatic heterocycles. The predicted octanol–water partition coefficient (Wildman–Crippen LogP) is 3.18. The van der Waals surface area contributed by atoms with Gasteiger partial charge in [0.05, 0.1) is 6.10 Å². The van der Waals surface area contributed by atoms with E-state index < -0.39 is 0 Å². The number of piperidine rings is 1. The number of fused-ring (bicyclic) bond motifs is 1.